The number of benzene rings is 1. The highest BCUT2D eigenvalue weighted by molar-refractivity contribution is 7.89. The minimum absolute atomic E-state index is 0.0109. The van der Waals surface area contributed by atoms with Crippen molar-refractivity contribution in [2.24, 2.45) is 5.92 Å². The van der Waals surface area contributed by atoms with Crippen molar-refractivity contribution in [3.63, 3.8) is 0 Å². The second kappa shape index (κ2) is 10.2. The Morgan fingerprint density at radius 2 is 1.74 bits per heavy atom. The van der Waals surface area contributed by atoms with E-state index in [1.54, 1.807) is 33.0 Å². The van der Waals surface area contributed by atoms with Crippen molar-refractivity contribution in [1.29, 1.82) is 0 Å². The van der Waals surface area contributed by atoms with Crippen molar-refractivity contribution in [1.82, 2.24) is 9.21 Å². The number of nitrogens with zero attached hydrogens (tertiary/aromatic N) is 3. The minimum atomic E-state index is -3.59. The predicted molar refractivity (Wildman–Crippen MR) is 116 cm³/mol. The lowest BCUT2D eigenvalue weighted by Crippen LogP contribution is -2.37. The highest BCUT2D eigenvalue weighted by atomic mass is 32.2. The zero-order valence-electron chi connectivity index (χ0n) is 18.7. The molecule has 0 aromatic heterocycles. The summed E-state index contributed by atoms with van der Waals surface area (Å²) in [4.78, 5) is 39.8. The van der Waals surface area contributed by atoms with E-state index >= 15 is 0 Å². The highest BCUT2D eigenvalue weighted by Gasteiger charge is 2.36. The normalized spacial score (nSPS) is 16.8. The Morgan fingerprint density at radius 1 is 1.16 bits per heavy atom. The summed E-state index contributed by atoms with van der Waals surface area (Å²) in [6, 6.07) is 6.03. The van der Waals surface area contributed by atoms with Crippen LogP contribution >= 0.6 is 0 Å². The van der Waals surface area contributed by atoms with Crippen LogP contribution in [0.25, 0.3) is 0 Å². The summed E-state index contributed by atoms with van der Waals surface area (Å²) in [5, 5.41) is 0. The molecule has 0 aliphatic carbocycles. The van der Waals surface area contributed by atoms with Gasteiger partial charge in [0.2, 0.25) is 15.9 Å². The number of likely N-dealkylation sites (N-methyl/N-ethyl adjacent to an activating group) is 1. The summed E-state index contributed by atoms with van der Waals surface area (Å²) in [6.45, 7) is 7.73. The van der Waals surface area contributed by atoms with E-state index in [9.17, 15) is 22.8 Å². The van der Waals surface area contributed by atoms with Gasteiger partial charge >= 0.3 is 5.97 Å². The Kier molecular flexibility index (Phi) is 8.19. The topological polar surface area (TPSA) is 104 Å². The zero-order chi connectivity index (χ0) is 23.3. The lowest BCUT2D eigenvalue weighted by molar-refractivity contribution is -0.155. The molecule has 31 heavy (non-hydrogen) atoms. The molecule has 1 heterocycles. The highest BCUT2D eigenvalue weighted by Crippen LogP contribution is 2.27. The molecule has 2 rings (SSSR count). The number of amides is 2. The maximum atomic E-state index is 12.6. The van der Waals surface area contributed by atoms with Crippen LogP contribution in [-0.4, -0.2) is 74.7 Å². The van der Waals surface area contributed by atoms with E-state index in [1.807, 2.05) is 13.8 Å². The van der Waals surface area contributed by atoms with Crippen molar-refractivity contribution >= 4 is 33.5 Å². The van der Waals surface area contributed by atoms with Crippen molar-refractivity contribution in [3.05, 3.63) is 24.3 Å². The summed E-state index contributed by atoms with van der Waals surface area (Å²) >= 11 is 0. The van der Waals surface area contributed by atoms with Crippen LogP contribution in [0.2, 0.25) is 0 Å². The Hall–Kier alpha value is -2.46. The average molecular weight is 454 g/mol. The van der Waals surface area contributed by atoms with Crippen molar-refractivity contribution in [2.45, 2.75) is 45.1 Å². The standard InChI is InChI=1S/C21H31N3O6S/c1-6-23(7-2)31(28,29)18-10-8-17(9-11-18)24-13-16(12-19(24)25)21(27)30-14-20(26)22(5)15(3)4/h8-11,15-16H,6-7,12-14H2,1-5H3. The van der Waals surface area contributed by atoms with E-state index in [2.05, 4.69) is 0 Å². The molecule has 172 valence electrons. The number of rotatable bonds is 9. The van der Waals surface area contributed by atoms with Gasteiger partial charge < -0.3 is 14.5 Å². The van der Waals surface area contributed by atoms with Crippen LogP contribution in [0.1, 0.15) is 34.1 Å². The van der Waals surface area contributed by atoms with Gasteiger partial charge in [0.15, 0.2) is 6.61 Å². The SMILES string of the molecule is CCN(CC)S(=O)(=O)c1ccc(N2CC(C(=O)OCC(=O)N(C)C(C)C)CC2=O)cc1. The first kappa shape index (κ1) is 24.8. The minimum Gasteiger partial charge on any atom is -0.455 e. The molecule has 2 amide bonds. The van der Waals surface area contributed by atoms with Gasteiger partial charge in [-0.05, 0) is 38.1 Å². The lowest BCUT2D eigenvalue weighted by Gasteiger charge is -2.21. The summed E-state index contributed by atoms with van der Waals surface area (Å²) in [6.07, 6.45) is -0.0213. The van der Waals surface area contributed by atoms with Crippen molar-refractivity contribution in [3.8, 4) is 0 Å². The predicted octanol–water partition coefficient (Wildman–Crippen LogP) is 1.48. The van der Waals surface area contributed by atoms with Gasteiger partial charge in [-0.3, -0.25) is 14.4 Å². The van der Waals surface area contributed by atoms with Gasteiger partial charge in [0.05, 0.1) is 10.8 Å². The Bertz CT molecular complexity index is 910. The Labute approximate surface area is 184 Å². The molecule has 0 N–H and O–H groups in total. The number of carbonyl (C=O) groups excluding carboxylic acids is 3. The first-order valence-corrected chi connectivity index (χ1v) is 11.8. The second-order valence-corrected chi connectivity index (χ2v) is 9.63. The molecule has 0 radical (unpaired) electrons. The first-order chi connectivity index (χ1) is 14.5. The van der Waals surface area contributed by atoms with Crippen molar-refractivity contribution < 1.29 is 27.5 Å². The van der Waals surface area contributed by atoms with E-state index in [4.69, 9.17) is 4.74 Å². The van der Waals surface area contributed by atoms with Gasteiger partial charge in [0, 0.05) is 44.8 Å². The van der Waals surface area contributed by atoms with Crippen LogP contribution in [0, 0.1) is 5.92 Å². The summed E-state index contributed by atoms with van der Waals surface area (Å²) < 4.78 is 31.7. The molecule has 1 aromatic rings. The molecular weight excluding hydrogens is 422 g/mol. The maximum absolute atomic E-state index is 12.6. The third-order valence-corrected chi connectivity index (χ3v) is 7.52. The van der Waals surface area contributed by atoms with Crippen LogP contribution in [0.4, 0.5) is 5.69 Å². The zero-order valence-corrected chi connectivity index (χ0v) is 19.5. The van der Waals surface area contributed by atoms with E-state index in [-0.39, 0.29) is 42.3 Å². The third kappa shape index (κ3) is 5.62. The van der Waals surface area contributed by atoms with Gasteiger partial charge in [-0.1, -0.05) is 13.8 Å². The molecule has 1 atom stereocenters. The van der Waals surface area contributed by atoms with Crippen LogP contribution in [0.15, 0.2) is 29.2 Å². The van der Waals surface area contributed by atoms with E-state index in [0.717, 1.165) is 0 Å². The number of hydrogen-bond donors (Lipinski definition) is 0. The molecule has 10 heteroatoms. The molecule has 9 nitrogen and oxygen atoms in total. The fraction of sp³-hybridized carbons (Fsp3) is 0.571. The molecular formula is C21H31N3O6S. The van der Waals surface area contributed by atoms with Gasteiger partial charge in [-0.15, -0.1) is 0 Å². The smallest absolute Gasteiger partial charge is 0.311 e. The lowest BCUT2D eigenvalue weighted by atomic mass is 10.1. The van der Waals surface area contributed by atoms with E-state index < -0.39 is 21.9 Å². The van der Waals surface area contributed by atoms with Crippen LogP contribution in [0.3, 0.4) is 0 Å². The molecule has 1 aliphatic rings. The van der Waals surface area contributed by atoms with Gasteiger partial charge in [-0.2, -0.15) is 4.31 Å². The molecule has 1 unspecified atom stereocenters. The van der Waals surface area contributed by atoms with Crippen molar-refractivity contribution in [2.75, 3.05) is 38.2 Å². The number of sulfonamides is 1. The van der Waals surface area contributed by atoms with E-state index in [0.29, 0.717) is 18.8 Å². The quantitative estimate of drug-likeness (QED) is 0.525. The molecule has 0 bridgehead atoms. The number of anilines is 1. The average Bonchev–Trinajstić information content (AvgIpc) is 3.13. The molecule has 0 saturated carbocycles. The molecule has 1 saturated heterocycles. The van der Waals surface area contributed by atoms with Crippen LogP contribution in [-0.2, 0) is 29.1 Å². The molecule has 0 spiro atoms. The number of esters is 1. The van der Waals surface area contributed by atoms with E-state index in [1.165, 1.54) is 26.2 Å². The summed E-state index contributed by atoms with van der Waals surface area (Å²) in [7, 11) is -1.96. The Balaban J connectivity index is 2.03. The molecule has 1 aromatic carbocycles. The van der Waals surface area contributed by atoms with Gasteiger partial charge in [0.1, 0.15) is 0 Å². The molecule has 1 fully saturated rings. The second-order valence-electron chi connectivity index (χ2n) is 7.69. The number of hydrogen-bond acceptors (Lipinski definition) is 6. The van der Waals surface area contributed by atoms with Crippen LogP contribution < -0.4 is 4.90 Å². The number of carbonyl (C=O) groups is 3. The number of ether oxygens (including phenoxy) is 1. The summed E-state index contributed by atoms with van der Waals surface area (Å²) in [5.74, 6) is -1.84. The summed E-state index contributed by atoms with van der Waals surface area (Å²) in [5.41, 5.74) is 0.509. The first-order valence-electron chi connectivity index (χ1n) is 10.4. The monoisotopic (exact) mass is 453 g/mol. The Morgan fingerprint density at radius 3 is 2.26 bits per heavy atom. The maximum Gasteiger partial charge on any atom is 0.311 e. The van der Waals surface area contributed by atoms with Gasteiger partial charge in [-0.25, -0.2) is 8.42 Å². The fourth-order valence-corrected chi connectivity index (χ4v) is 4.72. The largest absolute Gasteiger partial charge is 0.455 e. The fourth-order valence-electron chi connectivity index (χ4n) is 3.27. The molecule has 1 aliphatic heterocycles. The van der Waals surface area contributed by atoms with Crippen LogP contribution in [0.5, 0.6) is 0 Å². The van der Waals surface area contributed by atoms with Gasteiger partial charge in [0.25, 0.3) is 5.91 Å². The third-order valence-electron chi connectivity index (χ3n) is 5.46.